The summed E-state index contributed by atoms with van der Waals surface area (Å²) in [4.78, 5) is 19.0. The number of amides is 2. The van der Waals surface area contributed by atoms with E-state index in [4.69, 9.17) is 4.74 Å². The fraction of sp³-hybridized carbons (Fsp3) is 0.478. The zero-order valence-electron chi connectivity index (χ0n) is 16.1. The summed E-state index contributed by atoms with van der Waals surface area (Å²) in [5.74, 6) is 4.05. The summed E-state index contributed by atoms with van der Waals surface area (Å²) in [5, 5.41) is 3.05. The monoisotopic (exact) mass is 377 g/mol. The van der Waals surface area contributed by atoms with Crippen LogP contribution >= 0.6 is 0 Å². The quantitative estimate of drug-likeness (QED) is 0.849. The zero-order chi connectivity index (χ0) is 18.9. The Balaban J connectivity index is 1.11. The molecule has 2 aromatic rings. The summed E-state index contributed by atoms with van der Waals surface area (Å²) < 4.78 is 5.79. The van der Waals surface area contributed by atoms with Crippen molar-refractivity contribution in [1.29, 1.82) is 0 Å². The molecule has 5 nitrogen and oxygen atoms in total. The molecule has 1 aromatic heterocycles. The number of pyridine rings is 1. The average molecular weight is 377 g/mol. The first kappa shape index (κ1) is 17.5. The third-order valence-electron chi connectivity index (χ3n) is 6.88. The molecule has 5 heteroatoms. The molecule has 1 saturated heterocycles. The third kappa shape index (κ3) is 3.46. The third-order valence-corrected chi connectivity index (χ3v) is 6.88. The summed E-state index contributed by atoms with van der Waals surface area (Å²) in [6, 6.07) is 13.6. The molecule has 3 aliphatic rings. The lowest BCUT2D eigenvalue weighted by Crippen LogP contribution is -2.34. The van der Waals surface area contributed by atoms with Crippen LogP contribution in [0.3, 0.4) is 0 Å². The molecule has 3 fully saturated rings. The van der Waals surface area contributed by atoms with Gasteiger partial charge in [-0.05, 0) is 79.3 Å². The Hall–Kier alpha value is -2.56. The number of carbonyl (C=O) groups is 1. The van der Waals surface area contributed by atoms with E-state index in [1.807, 2.05) is 47.4 Å². The number of ether oxygens (including phenoxy) is 1. The van der Waals surface area contributed by atoms with Crippen LogP contribution in [0.25, 0.3) is 0 Å². The molecule has 4 atom stereocenters. The highest BCUT2D eigenvalue weighted by Crippen LogP contribution is 2.55. The summed E-state index contributed by atoms with van der Waals surface area (Å²) >= 11 is 0. The summed E-state index contributed by atoms with van der Waals surface area (Å²) in [6.07, 6.45) is 6.74. The van der Waals surface area contributed by atoms with E-state index in [0.717, 1.165) is 60.3 Å². The molecule has 2 heterocycles. The maximum atomic E-state index is 12.7. The number of nitrogens with zero attached hydrogens (tertiary/aromatic N) is 2. The first-order chi connectivity index (χ1) is 13.8. The van der Waals surface area contributed by atoms with Gasteiger partial charge in [-0.25, -0.2) is 4.79 Å². The lowest BCUT2D eigenvalue weighted by molar-refractivity contribution is 0.217. The van der Waals surface area contributed by atoms with Gasteiger partial charge in [-0.1, -0.05) is 6.07 Å². The van der Waals surface area contributed by atoms with Crippen molar-refractivity contribution in [2.45, 2.75) is 25.7 Å². The molecule has 0 unspecified atom stereocenters. The second-order valence-corrected chi connectivity index (χ2v) is 8.44. The van der Waals surface area contributed by atoms with Crippen molar-refractivity contribution in [2.75, 3.05) is 25.0 Å². The Morgan fingerprint density at radius 3 is 2.50 bits per heavy atom. The highest BCUT2D eigenvalue weighted by Gasteiger charge is 2.52. The molecule has 2 bridgehead atoms. The highest BCUT2D eigenvalue weighted by molar-refractivity contribution is 5.89. The smallest absolute Gasteiger partial charge is 0.321 e. The van der Waals surface area contributed by atoms with Crippen LogP contribution in [0.2, 0.25) is 0 Å². The standard InChI is InChI=1S/C23H27N3O2/c27-23(26-14-21-16-4-5-17(13-16)22(21)15-26)25-19-6-8-20(9-7-19)28-12-10-18-3-1-2-11-24-18/h1-3,6-9,11,16-17,21-22H,4-5,10,12-15H2,(H,25,27)/t16-,17+,21-,22+. The molecule has 2 aliphatic carbocycles. The van der Waals surface area contributed by atoms with Crippen LogP contribution in [-0.2, 0) is 6.42 Å². The van der Waals surface area contributed by atoms with E-state index in [1.165, 1.54) is 19.3 Å². The first-order valence-electron chi connectivity index (χ1n) is 10.4. The molecular formula is C23H27N3O2. The molecule has 1 aliphatic heterocycles. The predicted molar refractivity (Wildman–Crippen MR) is 108 cm³/mol. The number of aromatic nitrogens is 1. The minimum absolute atomic E-state index is 0.0395. The number of carbonyl (C=O) groups excluding carboxylic acids is 1. The van der Waals surface area contributed by atoms with Crippen molar-refractivity contribution < 1.29 is 9.53 Å². The van der Waals surface area contributed by atoms with Gasteiger partial charge in [-0.2, -0.15) is 0 Å². The second-order valence-electron chi connectivity index (χ2n) is 8.44. The van der Waals surface area contributed by atoms with Crippen LogP contribution in [-0.4, -0.2) is 35.6 Å². The molecule has 146 valence electrons. The number of fused-ring (bicyclic) bond motifs is 5. The number of nitrogens with one attached hydrogen (secondary N) is 1. The summed E-state index contributed by atoms with van der Waals surface area (Å²) in [6.45, 7) is 2.46. The Morgan fingerprint density at radius 2 is 1.82 bits per heavy atom. The normalized spacial score (nSPS) is 27.6. The van der Waals surface area contributed by atoms with Crippen LogP contribution in [0.1, 0.15) is 25.0 Å². The van der Waals surface area contributed by atoms with Gasteiger partial charge in [0.05, 0.1) is 6.61 Å². The number of benzene rings is 1. The van der Waals surface area contributed by atoms with E-state index in [9.17, 15) is 4.79 Å². The number of hydrogen-bond acceptors (Lipinski definition) is 3. The van der Waals surface area contributed by atoms with Crippen LogP contribution in [0.15, 0.2) is 48.7 Å². The van der Waals surface area contributed by atoms with E-state index < -0.39 is 0 Å². The Kier molecular flexibility index (Phi) is 4.67. The molecular weight excluding hydrogens is 350 g/mol. The van der Waals surface area contributed by atoms with Crippen LogP contribution in [0.5, 0.6) is 5.75 Å². The molecule has 0 spiro atoms. The molecule has 1 aromatic carbocycles. The molecule has 2 saturated carbocycles. The van der Waals surface area contributed by atoms with Gasteiger partial charge in [0, 0.05) is 37.1 Å². The van der Waals surface area contributed by atoms with Crippen molar-refractivity contribution in [1.82, 2.24) is 9.88 Å². The SMILES string of the molecule is O=C(Nc1ccc(OCCc2ccccn2)cc1)N1C[C@@H]2[C@@H]3CC[C@@H](C3)[C@@H]2C1. The lowest BCUT2D eigenvalue weighted by Gasteiger charge is -2.22. The van der Waals surface area contributed by atoms with Gasteiger partial charge in [-0.3, -0.25) is 4.98 Å². The second kappa shape index (κ2) is 7.46. The molecule has 2 amide bonds. The van der Waals surface area contributed by atoms with Crippen LogP contribution < -0.4 is 10.1 Å². The van der Waals surface area contributed by atoms with Gasteiger partial charge in [0.2, 0.25) is 0 Å². The number of urea groups is 1. The van der Waals surface area contributed by atoms with Crippen LogP contribution in [0.4, 0.5) is 10.5 Å². The van der Waals surface area contributed by atoms with E-state index >= 15 is 0 Å². The molecule has 0 radical (unpaired) electrons. The van der Waals surface area contributed by atoms with Gasteiger partial charge < -0.3 is 15.0 Å². The van der Waals surface area contributed by atoms with Gasteiger partial charge in [0.1, 0.15) is 5.75 Å². The van der Waals surface area contributed by atoms with Crippen molar-refractivity contribution in [3.8, 4) is 5.75 Å². The maximum Gasteiger partial charge on any atom is 0.321 e. The van der Waals surface area contributed by atoms with Crippen molar-refractivity contribution in [3.63, 3.8) is 0 Å². The van der Waals surface area contributed by atoms with Gasteiger partial charge in [0.15, 0.2) is 0 Å². The van der Waals surface area contributed by atoms with Crippen LogP contribution in [0, 0.1) is 23.7 Å². The molecule has 1 N–H and O–H groups in total. The lowest BCUT2D eigenvalue weighted by atomic mass is 9.82. The first-order valence-corrected chi connectivity index (χ1v) is 10.4. The van der Waals surface area contributed by atoms with Gasteiger partial charge >= 0.3 is 6.03 Å². The minimum Gasteiger partial charge on any atom is -0.493 e. The zero-order valence-corrected chi connectivity index (χ0v) is 16.1. The van der Waals surface area contributed by atoms with E-state index in [2.05, 4.69) is 10.3 Å². The van der Waals surface area contributed by atoms with Crippen molar-refractivity contribution in [2.24, 2.45) is 23.7 Å². The van der Waals surface area contributed by atoms with E-state index in [-0.39, 0.29) is 6.03 Å². The Bertz CT molecular complexity index is 806. The highest BCUT2D eigenvalue weighted by atomic mass is 16.5. The predicted octanol–water partition coefficient (Wildman–Crippen LogP) is 4.21. The number of rotatable bonds is 5. The largest absolute Gasteiger partial charge is 0.493 e. The van der Waals surface area contributed by atoms with Crippen molar-refractivity contribution in [3.05, 3.63) is 54.4 Å². The Labute approximate surface area is 166 Å². The van der Waals surface area contributed by atoms with Crippen molar-refractivity contribution >= 4 is 11.7 Å². The fourth-order valence-corrected chi connectivity index (χ4v) is 5.50. The van der Waals surface area contributed by atoms with Gasteiger partial charge in [0.25, 0.3) is 0 Å². The van der Waals surface area contributed by atoms with Gasteiger partial charge in [-0.15, -0.1) is 0 Å². The fourth-order valence-electron chi connectivity index (χ4n) is 5.50. The Morgan fingerprint density at radius 1 is 1.07 bits per heavy atom. The average Bonchev–Trinajstić information content (AvgIpc) is 3.44. The summed E-state index contributed by atoms with van der Waals surface area (Å²) in [5.41, 5.74) is 1.84. The summed E-state index contributed by atoms with van der Waals surface area (Å²) in [7, 11) is 0. The van der Waals surface area contributed by atoms with E-state index in [0.29, 0.717) is 6.61 Å². The molecule has 5 rings (SSSR count). The minimum atomic E-state index is 0.0395. The molecule has 28 heavy (non-hydrogen) atoms. The topological polar surface area (TPSA) is 54.5 Å². The number of anilines is 1. The number of likely N-dealkylation sites (tertiary alicyclic amines) is 1. The van der Waals surface area contributed by atoms with E-state index in [1.54, 1.807) is 6.20 Å². The number of hydrogen-bond donors (Lipinski definition) is 1. The maximum absolute atomic E-state index is 12.7.